The maximum Gasteiger partial charge on any atom is 0.267 e. The van der Waals surface area contributed by atoms with E-state index in [1.165, 1.54) is 0 Å². The molecule has 8 heteroatoms. The summed E-state index contributed by atoms with van der Waals surface area (Å²) in [4.78, 5) is 8.77. The van der Waals surface area contributed by atoms with Crippen molar-refractivity contribution in [3.63, 3.8) is 0 Å². The van der Waals surface area contributed by atoms with E-state index in [-0.39, 0.29) is 0 Å². The summed E-state index contributed by atoms with van der Waals surface area (Å²) in [5.41, 5.74) is 1.39. The lowest BCUT2D eigenvalue weighted by molar-refractivity contribution is 0.580. The second-order valence-electron chi connectivity index (χ2n) is 4.62. The molecule has 0 saturated heterocycles. The normalized spacial score (nSPS) is 10.9. The number of nitrogens with zero attached hydrogens (tertiary/aromatic N) is 4. The molecule has 0 bridgehead atoms. The summed E-state index contributed by atoms with van der Waals surface area (Å²) in [6.07, 6.45) is 2.76. The zero-order valence-electron chi connectivity index (χ0n) is 12.2. The average Bonchev–Trinajstić information content (AvgIpc) is 3.04. The van der Waals surface area contributed by atoms with Crippen molar-refractivity contribution in [1.29, 1.82) is 0 Å². The zero-order valence-corrected chi connectivity index (χ0v) is 15.3. The summed E-state index contributed by atoms with van der Waals surface area (Å²) in [7, 11) is 0. The third-order valence-corrected chi connectivity index (χ3v) is 4.78. The molecular weight excluding hydrogens is 400 g/mol. The van der Waals surface area contributed by atoms with Crippen LogP contribution in [0.3, 0.4) is 0 Å². The summed E-state index contributed by atoms with van der Waals surface area (Å²) in [6, 6.07) is 7.22. The second-order valence-corrected chi connectivity index (χ2v) is 6.97. The van der Waals surface area contributed by atoms with Gasteiger partial charge in [0.1, 0.15) is 5.69 Å². The van der Waals surface area contributed by atoms with Gasteiger partial charge in [-0.15, -0.1) is 10.2 Å². The van der Waals surface area contributed by atoms with Crippen molar-refractivity contribution in [2.24, 2.45) is 0 Å². The summed E-state index contributed by atoms with van der Waals surface area (Å²) in [6.45, 7) is 2.11. The van der Waals surface area contributed by atoms with Gasteiger partial charge in [0.15, 0.2) is 5.16 Å². The molecular formula is C15H12BrClN4OS. The van der Waals surface area contributed by atoms with E-state index in [0.29, 0.717) is 32.1 Å². The minimum atomic E-state index is 0.350. The maximum atomic E-state index is 5.89. The number of halogens is 2. The van der Waals surface area contributed by atoms with Crippen LogP contribution in [-0.4, -0.2) is 25.9 Å². The van der Waals surface area contributed by atoms with E-state index >= 15 is 0 Å². The lowest BCUT2D eigenvalue weighted by Gasteiger charge is -2.02. The van der Waals surface area contributed by atoms with Crippen LogP contribution in [0.15, 0.2) is 44.5 Å². The van der Waals surface area contributed by atoms with Crippen LogP contribution < -0.4 is 0 Å². The highest BCUT2D eigenvalue weighted by Gasteiger charge is 2.16. The van der Waals surface area contributed by atoms with Gasteiger partial charge in [0.2, 0.25) is 5.89 Å². The quantitative estimate of drug-likeness (QED) is 0.429. The number of aromatic nitrogens is 4. The molecule has 118 valence electrons. The Labute approximate surface area is 151 Å². The van der Waals surface area contributed by atoms with Gasteiger partial charge < -0.3 is 4.42 Å². The standard InChI is InChI=1S/C15H12BrClN4OS/c1-2-7-23-15-18-8-11(16)12(19-15)14-21-20-13(22-14)9-3-5-10(17)6-4-9/h3-6,8H,2,7H2,1H3. The number of rotatable bonds is 5. The second kappa shape index (κ2) is 7.42. The Hall–Kier alpha value is -1.44. The highest BCUT2D eigenvalue weighted by atomic mass is 79.9. The molecule has 5 nitrogen and oxygen atoms in total. The van der Waals surface area contributed by atoms with Crippen molar-refractivity contribution in [1.82, 2.24) is 20.2 Å². The SMILES string of the molecule is CCCSc1ncc(Br)c(-c2nnc(-c3ccc(Cl)cc3)o2)n1. The summed E-state index contributed by atoms with van der Waals surface area (Å²) in [5.74, 6) is 1.73. The van der Waals surface area contributed by atoms with Crippen LogP contribution in [0.1, 0.15) is 13.3 Å². The molecule has 1 aromatic carbocycles. The van der Waals surface area contributed by atoms with Gasteiger partial charge in [-0.2, -0.15) is 0 Å². The van der Waals surface area contributed by atoms with Crippen LogP contribution in [0.2, 0.25) is 5.02 Å². The molecule has 0 unspecified atom stereocenters. The van der Waals surface area contributed by atoms with E-state index in [9.17, 15) is 0 Å². The zero-order chi connectivity index (χ0) is 16.2. The Bertz CT molecular complexity index is 809. The fraction of sp³-hybridized carbons (Fsp3) is 0.200. The Morgan fingerprint density at radius 1 is 1.17 bits per heavy atom. The number of thioether (sulfide) groups is 1. The molecule has 0 N–H and O–H groups in total. The molecule has 2 aromatic heterocycles. The minimum Gasteiger partial charge on any atom is -0.415 e. The summed E-state index contributed by atoms with van der Waals surface area (Å²) < 4.78 is 6.45. The molecule has 2 heterocycles. The maximum absolute atomic E-state index is 5.89. The molecule has 0 aliphatic carbocycles. The van der Waals surface area contributed by atoms with Crippen LogP contribution in [0.5, 0.6) is 0 Å². The largest absolute Gasteiger partial charge is 0.415 e. The number of hydrogen-bond donors (Lipinski definition) is 0. The smallest absolute Gasteiger partial charge is 0.267 e. The topological polar surface area (TPSA) is 64.7 Å². The van der Waals surface area contributed by atoms with Gasteiger partial charge in [-0.1, -0.05) is 30.3 Å². The summed E-state index contributed by atoms with van der Waals surface area (Å²) >= 11 is 10.9. The first-order valence-electron chi connectivity index (χ1n) is 6.92. The molecule has 0 radical (unpaired) electrons. The fourth-order valence-electron chi connectivity index (χ4n) is 1.79. The van der Waals surface area contributed by atoms with Gasteiger partial charge in [0.25, 0.3) is 5.89 Å². The first-order valence-corrected chi connectivity index (χ1v) is 9.08. The first kappa shape index (κ1) is 16.4. The number of hydrogen-bond acceptors (Lipinski definition) is 6. The molecule has 3 aromatic rings. The van der Waals surface area contributed by atoms with Crippen LogP contribution in [0.4, 0.5) is 0 Å². The van der Waals surface area contributed by atoms with Crippen LogP contribution in [-0.2, 0) is 0 Å². The van der Waals surface area contributed by atoms with Gasteiger partial charge in [-0.05, 0) is 46.6 Å². The van der Waals surface area contributed by atoms with Gasteiger partial charge in [-0.25, -0.2) is 9.97 Å². The van der Waals surface area contributed by atoms with Crippen molar-refractivity contribution in [2.45, 2.75) is 18.5 Å². The van der Waals surface area contributed by atoms with E-state index < -0.39 is 0 Å². The Kier molecular flexibility index (Phi) is 5.30. The lowest BCUT2D eigenvalue weighted by Crippen LogP contribution is -1.92. The third kappa shape index (κ3) is 3.91. The highest BCUT2D eigenvalue weighted by molar-refractivity contribution is 9.10. The van der Waals surface area contributed by atoms with Gasteiger partial charge in [-0.3, -0.25) is 0 Å². The van der Waals surface area contributed by atoms with Crippen molar-refractivity contribution in [3.05, 3.63) is 40.0 Å². The monoisotopic (exact) mass is 410 g/mol. The third-order valence-electron chi connectivity index (χ3n) is 2.88. The van der Waals surface area contributed by atoms with Crippen molar-refractivity contribution >= 4 is 39.3 Å². The van der Waals surface area contributed by atoms with Crippen LogP contribution >= 0.6 is 39.3 Å². The lowest BCUT2D eigenvalue weighted by atomic mass is 10.2. The number of benzene rings is 1. The molecule has 0 fully saturated rings. The van der Waals surface area contributed by atoms with Gasteiger partial charge in [0.05, 0.1) is 4.47 Å². The fourth-order valence-corrected chi connectivity index (χ4v) is 2.95. The van der Waals surface area contributed by atoms with Gasteiger partial charge in [0, 0.05) is 22.5 Å². The summed E-state index contributed by atoms with van der Waals surface area (Å²) in [5, 5.41) is 9.51. The van der Waals surface area contributed by atoms with Crippen molar-refractivity contribution < 1.29 is 4.42 Å². The van der Waals surface area contributed by atoms with Crippen LogP contribution in [0.25, 0.3) is 23.0 Å². The molecule has 3 rings (SSSR count). The molecule has 0 atom stereocenters. The molecule has 0 aliphatic heterocycles. The first-order chi connectivity index (χ1) is 11.2. The average molecular weight is 412 g/mol. The molecule has 23 heavy (non-hydrogen) atoms. The van der Waals surface area contributed by atoms with E-state index in [0.717, 1.165) is 17.7 Å². The Morgan fingerprint density at radius 3 is 2.65 bits per heavy atom. The predicted octanol–water partition coefficient (Wildman–Crippen LogP) is 5.11. The van der Waals surface area contributed by atoms with E-state index in [1.54, 1.807) is 30.1 Å². The predicted molar refractivity (Wildman–Crippen MR) is 94.5 cm³/mol. The molecule has 0 saturated carbocycles. The minimum absolute atomic E-state index is 0.350. The van der Waals surface area contributed by atoms with Crippen molar-refractivity contribution in [3.8, 4) is 23.0 Å². The van der Waals surface area contributed by atoms with Crippen LogP contribution in [0, 0.1) is 0 Å². The molecule has 0 amide bonds. The molecule has 0 aliphatic rings. The van der Waals surface area contributed by atoms with E-state index in [1.807, 2.05) is 12.1 Å². The highest BCUT2D eigenvalue weighted by Crippen LogP contribution is 2.29. The van der Waals surface area contributed by atoms with Crippen molar-refractivity contribution in [2.75, 3.05) is 5.75 Å². The van der Waals surface area contributed by atoms with E-state index in [2.05, 4.69) is 43.0 Å². The van der Waals surface area contributed by atoms with Gasteiger partial charge >= 0.3 is 0 Å². The Balaban J connectivity index is 1.92. The van der Waals surface area contributed by atoms with E-state index in [4.69, 9.17) is 16.0 Å². The molecule has 0 spiro atoms. The Morgan fingerprint density at radius 2 is 1.91 bits per heavy atom.